The maximum atomic E-state index is 13.1. The van der Waals surface area contributed by atoms with E-state index in [1.165, 1.54) is 4.90 Å². The Morgan fingerprint density at radius 3 is 3.00 bits per heavy atom. The lowest BCUT2D eigenvalue weighted by Crippen LogP contribution is -2.42. The van der Waals surface area contributed by atoms with Gasteiger partial charge in [-0.3, -0.25) is 4.79 Å². The third-order valence-electron chi connectivity index (χ3n) is 2.73. The molecule has 1 fully saturated rings. The summed E-state index contributed by atoms with van der Waals surface area (Å²) < 4.78 is 18.4. The van der Waals surface area contributed by atoms with Gasteiger partial charge in [-0.1, -0.05) is 6.58 Å². The summed E-state index contributed by atoms with van der Waals surface area (Å²) in [7, 11) is 0. The molecule has 0 bridgehead atoms. The third-order valence-corrected chi connectivity index (χ3v) is 2.73. The number of rotatable bonds is 2. The van der Waals surface area contributed by atoms with E-state index in [1.54, 1.807) is 0 Å². The number of hydrogen-bond acceptors (Lipinski definition) is 5. The highest BCUT2D eigenvalue weighted by atomic mass is 19.1. The maximum absolute atomic E-state index is 13.1. The number of halogens is 1. The molecule has 94 valence electrons. The first-order valence-corrected chi connectivity index (χ1v) is 5.13. The van der Waals surface area contributed by atoms with Gasteiger partial charge in [-0.05, 0) is 0 Å². The largest absolute Gasteiger partial charge is 0.394 e. The van der Waals surface area contributed by atoms with E-state index >= 15 is 0 Å². The van der Waals surface area contributed by atoms with Gasteiger partial charge in [0.05, 0.1) is 12.7 Å². The third kappa shape index (κ3) is 2.17. The predicted molar refractivity (Wildman–Crippen MR) is 54.7 cm³/mol. The summed E-state index contributed by atoms with van der Waals surface area (Å²) in [6, 6.07) is 0. The molecule has 17 heavy (non-hydrogen) atoms. The van der Waals surface area contributed by atoms with Crippen LogP contribution < -0.4 is 5.32 Å². The number of nitrogens with zero attached hydrogens (tertiary/aromatic N) is 1. The van der Waals surface area contributed by atoms with Crippen molar-refractivity contribution in [3.8, 4) is 0 Å². The SMILES string of the molecule is C=C1NC(=O)C(F)=CN1[C@H]1C[C@@H](O)C(CO)O1. The van der Waals surface area contributed by atoms with Crippen LogP contribution in [0.15, 0.2) is 24.4 Å². The molecule has 1 saturated heterocycles. The van der Waals surface area contributed by atoms with Crippen molar-refractivity contribution < 1.29 is 24.1 Å². The smallest absolute Gasteiger partial charge is 0.287 e. The normalized spacial score (nSPS) is 33.7. The van der Waals surface area contributed by atoms with Gasteiger partial charge in [-0.15, -0.1) is 0 Å². The van der Waals surface area contributed by atoms with Crippen molar-refractivity contribution in [1.29, 1.82) is 0 Å². The molecule has 3 N–H and O–H groups in total. The summed E-state index contributed by atoms with van der Waals surface area (Å²) in [5.41, 5.74) is 0. The van der Waals surface area contributed by atoms with Gasteiger partial charge in [0.2, 0.25) is 5.83 Å². The zero-order chi connectivity index (χ0) is 12.6. The first-order valence-electron chi connectivity index (χ1n) is 5.13. The fraction of sp³-hybridized carbons (Fsp3) is 0.500. The van der Waals surface area contributed by atoms with Crippen LogP contribution in [0.2, 0.25) is 0 Å². The first kappa shape index (κ1) is 12.0. The zero-order valence-electron chi connectivity index (χ0n) is 8.97. The second kappa shape index (κ2) is 4.44. The Kier molecular flexibility index (Phi) is 3.14. The molecule has 0 spiro atoms. The average Bonchev–Trinajstić information content (AvgIpc) is 2.65. The van der Waals surface area contributed by atoms with Crippen molar-refractivity contribution in [1.82, 2.24) is 10.2 Å². The lowest BCUT2D eigenvalue weighted by atomic mass is 10.2. The molecule has 2 heterocycles. The zero-order valence-corrected chi connectivity index (χ0v) is 8.97. The fourth-order valence-corrected chi connectivity index (χ4v) is 1.82. The van der Waals surface area contributed by atoms with Crippen molar-refractivity contribution in [2.75, 3.05) is 6.61 Å². The summed E-state index contributed by atoms with van der Waals surface area (Å²) in [4.78, 5) is 12.3. The highest BCUT2D eigenvalue weighted by molar-refractivity contribution is 5.93. The Morgan fingerprint density at radius 1 is 1.71 bits per heavy atom. The molecule has 3 atom stereocenters. The monoisotopic (exact) mass is 244 g/mol. The van der Waals surface area contributed by atoms with Crippen LogP contribution >= 0.6 is 0 Å². The number of aliphatic hydroxyl groups excluding tert-OH is 2. The Morgan fingerprint density at radius 2 is 2.41 bits per heavy atom. The topological polar surface area (TPSA) is 82.0 Å². The number of nitrogens with one attached hydrogen (secondary N) is 1. The molecule has 0 aromatic heterocycles. The van der Waals surface area contributed by atoms with Gasteiger partial charge in [-0.2, -0.15) is 4.39 Å². The molecule has 1 unspecified atom stereocenters. The standard InChI is InChI=1S/C10H13FN2O4/c1-5-12-10(16)6(11)3-13(5)9-2-7(15)8(4-14)17-9/h3,7-9,14-15H,1-2,4H2,(H,12,16)/t7-,8?,9-/m1/s1. The van der Waals surface area contributed by atoms with Crippen molar-refractivity contribution >= 4 is 5.91 Å². The van der Waals surface area contributed by atoms with Crippen molar-refractivity contribution in [2.24, 2.45) is 0 Å². The first-order chi connectivity index (χ1) is 8.02. The lowest BCUT2D eigenvalue weighted by molar-refractivity contribution is -0.120. The van der Waals surface area contributed by atoms with Gasteiger partial charge in [-0.25, -0.2) is 0 Å². The molecular formula is C10H13FN2O4. The van der Waals surface area contributed by atoms with E-state index < -0.39 is 30.2 Å². The van der Waals surface area contributed by atoms with E-state index in [0.717, 1.165) is 6.20 Å². The van der Waals surface area contributed by atoms with Crippen LogP contribution in [0.3, 0.4) is 0 Å². The summed E-state index contributed by atoms with van der Waals surface area (Å²) in [5.74, 6) is -1.64. The van der Waals surface area contributed by atoms with Crippen LogP contribution in [0.25, 0.3) is 0 Å². The van der Waals surface area contributed by atoms with Gasteiger partial charge in [0.1, 0.15) is 18.2 Å². The summed E-state index contributed by atoms with van der Waals surface area (Å²) in [5, 5.41) is 20.7. The second-order valence-electron chi connectivity index (χ2n) is 3.90. The van der Waals surface area contributed by atoms with Crippen LogP contribution in [0.5, 0.6) is 0 Å². The Labute approximate surface area is 97.0 Å². The molecule has 1 amide bonds. The fourth-order valence-electron chi connectivity index (χ4n) is 1.82. The van der Waals surface area contributed by atoms with E-state index in [-0.39, 0.29) is 18.8 Å². The van der Waals surface area contributed by atoms with E-state index in [0.29, 0.717) is 0 Å². The molecular weight excluding hydrogens is 231 g/mol. The molecule has 2 aliphatic rings. The lowest BCUT2D eigenvalue weighted by Gasteiger charge is -2.31. The Balaban J connectivity index is 2.13. The van der Waals surface area contributed by atoms with Crippen LogP contribution in [0, 0.1) is 0 Å². The minimum Gasteiger partial charge on any atom is -0.394 e. The van der Waals surface area contributed by atoms with Gasteiger partial charge in [0.15, 0.2) is 0 Å². The molecule has 7 heteroatoms. The number of hydrogen-bond donors (Lipinski definition) is 3. The molecule has 0 radical (unpaired) electrons. The van der Waals surface area contributed by atoms with E-state index in [9.17, 15) is 14.3 Å². The maximum Gasteiger partial charge on any atom is 0.287 e. The van der Waals surface area contributed by atoms with Crippen molar-refractivity contribution in [3.05, 3.63) is 24.4 Å². The van der Waals surface area contributed by atoms with Crippen LogP contribution in [-0.2, 0) is 9.53 Å². The number of amides is 1. The number of carbonyl (C=O) groups excluding carboxylic acids is 1. The highest BCUT2D eigenvalue weighted by Gasteiger charge is 2.38. The number of ether oxygens (including phenoxy) is 1. The second-order valence-corrected chi connectivity index (χ2v) is 3.90. The van der Waals surface area contributed by atoms with Gasteiger partial charge in [0, 0.05) is 12.6 Å². The summed E-state index contributed by atoms with van der Waals surface area (Å²) in [6.45, 7) is 3.24. The Hall–Kier alpha value is -1.44. The van der Waals surface area contributed by atoms with Gasteiger partial charge >= 0.3 is 0 Å². The molecule has 0 aliphatic carbocycles. The molecule has 2 rings (SSSR count). The predicted octanol–water partition coefficient (Wildman–Crippen LogP) is -0.832. The number of carbonyl (C=O) groups is 1. The number of aliphatic hydroxyl groups is 2. The summed E-state index contributed by atoms with van der Waals surface area (Å²) >= 11 is 0. The molecule has 6 nitrogen and oxygen atoms in total. The minimum atomic E-state index is -0.956. The molecule has 0 aromatic carbocycles. The van der Waals surface area contributed by atoms with Gasteiger partial charge < -0.3 is 25.2 Å². The summed E-state index contributed by atoms with van der Waals surface area (Å²) in [6.07, 6.45) is -1.02. The molecule has 2 aliphatic heterocycles. The van der Waals surface area contributed by atoms with Crippen LogP contribution in [-0.4, -0.2) is 46.1 Å². The molecule has 0 saturated carbocycles. The molecule has 0 aromatic rings. The highest BCUT2D eigenvalue weighted by Crippen LogP contribution is 2.27. The van der Waals surface area contributed by atoms with Crippen molar-refractivity contribution in [2.45, 2.75) is 24.9 Å². The van der Waals surface area contributed by atoms with Crippen molar-refractivity contribution in [3.63, 3.8) is 0 Å². The average molecular weight is 244 g/mol. The van der Waals surface area contributed by atoms with Crippen LogP contribution in [0.4, 0.5) is 4.39 Å². The van der Waals surface area contributed by atoms with E-state index in [2.05, 4.69) is 11.9 Å². The van der Waals surface area contributed by atoms with Gasteiger partial charge in [0.25, 0.3) is 5.91 Å². The van der Waals surface area contributed by atoms with Crippen LogP contribution in [0.1, 0.15) is 6.42 Å². The Bertz CT molecular complexity index is 385. The van der Waals surface area contributed by atoms with E-state index in [4.69, 9.17) is 9.84 Å². The quantitative estimate of drug-likeness (QED) is 0.590. The minimum absolute atomic E-state index is 0.173. The van der Waals surface area contributed by atoms with E-state index in [1.807, 2.05) is 0 Å².